The molecule has 2 heterocycles. The van der Waals surface area contributed by atoms with E-state index >= 15 is 0 Å². The van der Waals surface area contributed by atoms with Gasteiger partial charge in [-0.15, -0.1) is 5.10 Å². The highest BCUT2D eigenvalue weighted by atomic mass is 35.5. The minimum absolute atomic E-state index is 0.343. The van der Waals surface area contributed by atoms with Crippen molar-refractivity contribution in [3.05, 3.63) is 10.0 Å². The molecule has 1 aliphatic heterocycles. The number of nitrogens with zero attached hydrogens (tertiary/aromatic N) is 4. The summed E-state index contributed by atoms with van der Waals surface area (Å²) in [5.41, 5.74) is 0.854. The molecule has 2 aliphatic rings. The minimum Gasteiger partial charge on any atom is -0.340 e. The average molecular weight is 329 g/mol. The predicted molar refractivity (Wildman–Crippen MR) is 83.4 cm³/mol. The van der Waals surface area contributed by atoms with Gasteiger partial charge in [0, 0.05) is 50.7 Å². The van der Waals surface area contributed by atoms with Crippen LogP contribution in [0.1, 0.15) is 37.8 Å². The van der Waals surface area contributed by atoms with Crippen LogP contribution in [-0.4, -0.2) is 51.5 Å². The Kier molecular flexibility index (Phi) is 5.08. The highest BCUT2D eigenvalue weighted by Gasteiger charge is 2.25. The standard InChI is InChI=1S/C14H21ClN4OS/c15-14-12(16-17-21-14)10-18-5-7-19(8-6-18)13(20)9-11-3-1-2-4-11/h11H,1-10H2. The Morgan fingerprint density at radius 2 is 1.95 bits per heavy atom. The number of halogens is 1. The molecule has 0 radical (unpaired) electrons. The lowest BCUT2D eigenvalue weighted by Crippen LogP contribution is -2.48. The predicted octanol–water partition coefficient (Wildman–Crippen LogP) is 2.42. The normalized spacial score (nSPS) is 21.1. The number of hydrogen-bond donors (Lipinski definition) is 0. The van der Waals surface area contributed by atoms with Gasteiger partial charge in [0.15, 0.2) is 0 Å². The molecule has 1 amide bonds. The molecule has 1 saturated carbocycles. The topological polar surface area (TPSA) is 49.3 Å². The largest absolute Gasteiger partial charge is 0.340 e. The van der Waals surface area contributed by atoms with Crippen LogP contribution in [0.2, 0.25) is 4.34 Å². The first-order valence-corrected chi connectivity index (χ1v) is 8.84. The van der Waals surface area contributed by atoms with Gasteiger partial charge in [0.25, 0.3) is 0 Å². The summed E-state index contributed by atoms with van der Waals surface area (Å²) in [4.78, 5) is 16.6. The highest BCUT2D eigenvalue weighted by molar-refractivity contribution is 7.10. The zero-order chi connectivity index (χ0) is 14.7. The first-order valence-electron chi connectivity index (χ1n) is 7.69. The number of piperazine rings is 1. The van der Waals surface area contributed by atoms with Gasteiger partial charge >= 0.3 is 0 Å². The molecule has 1 aromatic rings. The molecule has 0 aromatic carbocycles. The van der Waals surface area contributed by atoms with Gasteiger partial charge in [0.05, 0.1) is 0 Å². The zero-order valence-electron chi connectivity index (χ0n) is 12.1. The Hall–Kier alpha value is -0.720. The van der Waals surface area contributed by atoms with Crippen LogP contribution in [0.5, 0.6) is 0 Å². The van der Waals surface area contributed by atoms with Crippen LogP contribution in [0.3, 0.4) is 0 Å². The lowest BCUT2D eigenvalue weighted by atomic mass is 10.0. The van der Waals surface area contributed by atoms with Crippen LogP contribution < -0.4 is 0 Å². The lowest BCUT2D eigenvalue weighted by molar-refractivity contribution is -0.134. The van der Waals surface area contributed by atoms with Crippen molar-refractivity contribution in [3.63, 3.8) is 0 Å². The van der Waals surface area contributed by atoms with E-state index < -0.39 is 0 Å². The molecular weight excluding hydrogens is 308 g/mol. The summed E-state index contributed by atoms with van der Waals surface area (Å²) in [6, 6.07) is 0. The van der Waals surface area contributed by atoms with Crippen molar-refractivity contribution in [3.8, 4) is 0 Å². The van der Waals surface area contributed by atoms with Crippen molar-refractivity contribution in [2.75, 3.05) is 26.2 Å². The Bertz CT molecular complexity index is 481. The molecule has 0 spiro atoms. The van der Waals surface area contributed by atoms with E-state index in [0.717, 1.165) is 44.8 Å². The molecule has 3 rings (SSSR count). The molecule has 116 valence electrons. The molecule has 1 saturated heterocycles. The molecule has 0 bridgehead atoms. The fourth-order valence-corrected chi connectivity index (χ4v) is 3.86. The van der Waals surface area contributed by atoms with Gasteiger partial charge in [-0.25, -0.2) is 0 Å². The summed E-state index contributed by atoms with van der Waals surface area (Å²) in [6.07, 6.45) is 5.83. The molecule has 1 aliphatic carbocycles. The monoisotopic (exact) mass is 328 g/mol. The van der Waals surface area contributed by atoms with Crippen molar-refractivity contribution >= 4 is 29.0 Å². The fraction of sp³-hybridized carbons (Fsp3) is 0.786. The van der Waals surface area contributed by atoms with Crippen LogP contribution in [0, 0.1) is 5.92 Å². The maximum atomic E-state index is 12.3. The van der Waals surface area contributed by atoms with E-state index in [1.807, 2.05) is 4.90 Å². The second-order valence-corrected chi connectivity index (χ2v) is 7.36. The first-order chi connectivity index (χ1) is 10.2. The van der Waals surface area contributed by atoms with Crippen molar-refractivity contribution in [2.24, 2.45) is 5.92 Å². The van der Waals surface area contributed by atoms with Crippen molar-refractivity contribution in [1.29, 1.82) is 0 Å². The number of rotatable bonds is 4. The smallest absolute Gasteiger partial charge is 0.222 e. The van der Waals surface area contributed by atoms with Crippen molar-refractivity contribution in [1.82, 2.24) is 19.4 Å². The Morgan fingerprint density at radius 1 is 1.24 bits per heavy atom. The third-order valence-corrected chi connectivity index (χ3v) is 5.53. The lowest BCUT2D eigenvalue weighted by Gasteiger charge is -2.34. The minimum atomic E-state index is 0.343. The SMILES string of the molecule is O=C(CC1CCCC1)N1CCN(Cc2nnsc2Cl)CC1. The highest BCUT2D eigenvalue weighted by Crippen LogP contribution is 2.28. The van der Waals surface area contributed by atoms with Crippen LogP contribution in [0.15, 0.2) is 0 Å². The van der Waals surface area contributed by atoms with E-state index in [1.54, 1.807) is 0 Å². The Labute approximate surface area is 134 Å². The quantitative estimate of drug-likeness (QED) is 0.851. The van der Waals surface area contributed by atoms with Crippen LogP contribution in [-0.2, 0) is 11.3 Å². The summed E-state index contributed by atoms with van der Waals surface area (Å²) in [6.45, 7) is 4.16. The van der Waals surface area contributed by atoms with E-state index in [-0.39, 0.29) is 0 Å². The summed E-state index contributed by atoms with van der Waals surface area (Å²) in [7, 11) is 0. The van der Waals surface area contributed by atoms with E-state index in [4.69, 9.17) is 11.6 Å². The van der Waals surface area contributed by atoms with E-state index in [9.17, 15) is 4.79 Å². The molecule has 0 unspecified atom stereocenters. The van der Waals surface area contributed by atoms with Crippen LogP contribution >= 0.6 is 23.1 Å². The summed E-state index contributed by atoms with van der Waals surface area (Å²) in [5.74, 6) is 0.977. The molecule has 1 aromatic heterocycles. The van der Waals surface area contributed by atoms with Gasteiger partial charge in [-0.1, -0.05) is 28.9 Å². The van der Waals surface area contributed by atoms with Crippen molar-refractivity contribution in [2.45, 2.75) is 38.6 Å². The second kappa shape index (κ2) is 7.03. The molecule has 21 heavy (non-hydrogen) atoms. The van der Waals surface area contributed by atoms with E-state index in [1.165, 1.54) is 37.2 Å². The molecular formula is C14H21ClN4OS. The van der Waals surface area contributed by atoms with Gasteiger partial charge in [-0.05, 0) is 18.8 Å². The van der Waals surface area contributed by atoms with Gasteiger partial charge in [-0.2, -0.15) is 0 Å². The van der Waals surface area contributed by atoms with Gasteiger partial charge in [-0.3, -0.25) is 9.69 Å². The number of amides is 1. The second-order valence-electron chi connectivity index (χ2n) is 6.00. The third-order valence-electron chi connectivity index (χ3n) is 4.55. The number of hydrogen-bond acceptors (Lipinski definition) is 5. The maximum Gasteiger partial charge on any atom is 0.222 e. The maximum absolute atomic E-state index is 12.3. The number of carbonyl (C=O) groups excluding carboxylic acids is 1. The van der Waals surface area contributed by atoms with E-state index in [2.05, 4.69) is 14.5 Å². The van der Waals surface area contributed by atoms with Gasteiger partial charge in [0.2, 0.25) is 5.91 Å². The number of carbonyl (C=O) groups is 1. The molecule has 0 atom stereocenters. The molecule has 7 heteroatoms. The zero-order valence-corrected chi connectivity index (χ0v) is 13.7. The summed E-state index contributed by atoms with van der Waals surface area (Å²) in [5, 5.41) is 4.05. The van der Waals surface area contributed by atoms with Crippen LogP contribution in [0.4, 0.5) is 0 Å². The fourth-order valence-electron chi connectivity index (χ4n) is 3.25. The third kappa shape index (κ3) is 3.93. The Morgan fingerprint density at radius 3 is 2.57 bits per heavy atom. The molecule has 5 nitrogen and oxygen atoms in total. The van der Waals surface area contributed by atoms with E-state index in [0.29, 0.717) is 16.2 Å². The first kappa shape index (κ1) is 15.2. The summed E-state index contributed by atoms with van der Waals surface area (Å²) >= 11 is 7.26. The average Bonchev–Trinajstić information content (AvgIpc) is 3.12. The van der Waals surface area contributed by atoms with Gasteiger partial charge < -0.3 is 4.90 Å². The molecule has 2 fully saturated rings. The molecule has 0 N–H and O–H groups in total. The van der Waals surface area contributed by atoms with Gasteiger partial charge in [0.1, 0.15) is 10.0 Å². The van der Waals surface area contributed by atoms with Crippen molar-refractivity contribution < 1.29 is 4.79 Å². The summed E-state index contributed by atoms with van der Waals surface area (Å²) < 4.78 is 4.53. The Balaban J connectivity index is 1.44. The number of aromatic nitrogens is 2. The van der Waals surface area contributed by atoms with Crippen LogP contribution in [0.25, 0.3) is 0 Å².